The highest BCUT2D eigenvalue weighted by Gasteiger charge is 2.19. The molecule has 1 unspecified atom stereocenters. The standard InChI is InChI=1S/C13H19NO2/c1-5-14(13(15)11(3)16-4)12-8-6-10(2)7-9-12/h6-9,11H,5H2,1-4H3. The summed E-state index contributed by atoms with van der Waals surface area (Å²) in [4.78, 5) is 13.7. The van der Waals surface area contributed by atoms with Gasteiger partial charge in [-0.3, -0.25) is 4.79 Å². The molecule has 0 aromatic heterocycles. The number of hydrogen-bond acceptors (Lipinski definition) is 2. The quantitative estimate of drug-likeness (QED) is 0.781. The number of hydrogen-bond donors (Lipinski definition) is 0. The summed E-state index contributed by atoms with van der Waals surface area (Å²) in [6, 6.07) is 7.92. The lowest BCUT2D eigenvalue weighted by molar-refractivity contribution is -0.127. The first kappa shape index (κ1) is 12.7. The van der Waals surface area contributed by atoms with Crippen molar-refractivity contribution < 1.29 is 9.53 Å². The van der Waals surface area contributed by atoms with Crippen molar-refractivity contribution in [3.05, 3.63) is 29.8 Å². The first-order valence-electron chi connectivity index (χ1n) is 5.51. The molecule has 0 aliphatic heterocycles. The summed E-state index contributed by atoms with van der Waals surface area (Å²) in [6.07, 6.45) is -0.402. The molecule has 88 valence electrons. The van der Waals surface area contributed by atoms with E-state index >= 15 is 0 Å². The van der Waals surface area contributed by atoms with Crippen molar-refractivity contribution in [3.8, 4) is 0 Å². The first-order chi connectivity index (χ1) is 7.60. The minimum atomic E-state index is -0.402. The van der Waals surface area contributed by atoms with Crippen molar-refractivity contribution in [1.29, 1.82) is 0 Å². The Morgan fingerprint density at radius 2 is 1.94 bits per heavy atom. The monoisotopic (exact) mass is 221 g/mol. The molecule has 0 saturated heterocycles. The van der Waals surface area contributed by atoms with Gasteiger partial charge in [-0.2, -0.15) is 0 Å². The zero-order valence-electron chi connectivity index (χ0n) is 10.4. The van der Waals surface area contributed by atoms with Crippen LogP contribution in [-0.4, -0.2) is 25.7 Å². The van der Waals surface area contributed by atoms with Gasteiger partial charge in [0.05, 0.1) is 0 Å². The summed E-state index contributed by atoms with van der Waals surface area (Å²) in [6.45, 7) is 6.40. The lowest BCUT2D eigenvalue weighted by Crippen LogP contribution is -2.38. The molecule has 3 nitrogen and oxygen atoms in total. The Morgan fingerprint density at radius 3 is 2.38 bits per heavy atom. The molecule has 1 aromatic carbocycles. The highest BCUT2D eigenvalue weighted by molar-refractivity contribution is 5.96. The van der Waals surface area contributed by atoms with Crippen molar-refractivity contribution in [2.45, 2.75) is 26.9 Å². The van der Waals surface area contributed by atoms with Crippen LogP contribution in [0.15, 0.2) is 24.3 Å². The Kier molecular flexibility index (Phi) is 4.50. The molecular formula is C13H19NO2. The summed E-state index contributed by atoms with van der Waals surface area (Å²) in [5.41, 5.74) is 2.11. The third-order valence-electron chi connectivity index (χ3n) is 2.63. The fraction of sp³-hybridized carbons (Fsp3) is 0.462. The largest absolute Gasteiger partial charge is 0.372 e. The predicted molar refractivity (Wildman–Crippen MR) is 65.7 cm³/mol. The van der Waals surface area contributed by atoms with E-state index in [9.17, 15) is 4.79 Å². The van der Waals surface area contributed by atoms with Gasteiger partial charge in [-0.15, -0.1) is 0 Å². The van der Waals surface area contributed by atoms with E-state index in [4.69, 9.17) is 4.74 Å². The van der Waals surface area contributed by atoms with Gasteiger partial charge in [-0.25, -0.2) is 0 Å². The summed E-state index contributed by atoms with van der Waals surface area (Å²) in [5.74, 6) is -0.00569. The van der Waals surface area contributed by atoms with Gasteiger partial charge in [0.25, 0.3) is 5.91 Å². The summed E-state index contributed by atoms with van der Waals surface area (Å²) in [7, 11) is 1.55. The van der Waals surface area contributed by atoms with E-state index in [0.717, 1.165) is 5.69 Å². The van der Waals surface area contributed by atoms with Crippen LogP contribution >= 0.6 is 0 Å². The maximum Gasteiger partial charge on any atom is 0.255 e. The molecular weight excluding hydrogens is 202 g/mol. The van der Waals surface area contributed by atoms with E-state index in [0.29, 0.717) is 6.54 Å². The molecule has 1 rings (SSSR count). The summed E-state index contributed by atoms with van der Waals surface area (Å²) >= 11 is 0. The van der Waals surface area contributed by atoms with Crippen molar-refractivity contribution in [3.63, 3.8) is 0 Å². The molecule has 16 heavy (non-hydrogen) atoms. The normalized spacial score (nSPS) is 12.2. The minimum Gasteiger partial charge on any atom is -0.372 e. The van der Waals surface area contributed by atoms with Crippen LogP contribution in [0.25, 0.3) is 0 Å². The van der Waals surface area contributed by atoms with Gasteiger partial charge < -0.3 is 9.64 Å². The molecule has 0 saturated carbocycles. The molecule has 0 N–H and O–H groups in total. The summed E-state index contributed by atoms with van der Waals surface area (Å²) < 4.78 is 5.05. The lowest BCUT2D eigenvalue weighted by Gasteiger charge is -2.24. The number of ether oxygens (including phenoxy) is 1. The van der Waals surface area contributed by atoms with Crippen LogP contribution in [0.2, 0.25) is 0 Å². The molecule has 0 aliphatic rings. The zero-order chi connectivity index (χ0) is 12.1. The number of benzene rings is 1. The van der Waals surface area contributed by atoms with Gasteiger partial charge >= 0.3 is 0 Å². The number of aryl methyl sites for hydroxylation is 1. The fourth-order valence-electron chi connectivity index (χ4n) is 1.51. The molecule has 0 aliphatic carbocycles. The van der Waals surface area contributed by atoms with Crippen molar-refractivity contribution >= 4 is 11.6 Å². The Morgan fingerprint density at radius 1 is 1.38 bits per heavy atom. The van der Waals surface area contributed by atoms with E-state index in [-0.39, 0.29) is 5.91 Å². The van der Waals surface area contributed by atoms with Crippen molar-refractivity contribution in [2.24, 2.45) is 0 Å². The van der Waals surface area contributed by atoms with E-state index in [1.807, 2.05) is 38.1 Å². The molecule has 1 aromatic rings. The molecule has 0 spiro atoms. The third kappa shape index (κ3) is 2.83. The van der Waals surface area contributed by atoms with Crippen LogP contribution in [0.1, 0.15) is 19.4 Å². The number of carbonyl (C=O) groups is 1. The van der Waals surface area contributed by atoms with Crippen molar-refractivity contribution in [1.82, 2.24) is 0 Å². The van der Waals surface area contributed by atoms with E-state index in [1.54, 1.807) is 18.9 Å². The molecule has 0 bridgehead atoms. The van der Waals surface area contributed by atoms with Gasteiger partial charge in [-0.05, 0) is 32.9 Å². The van der Waals surface area contributed by atoms with E-state index in [2.05, 4.69) is 0 Å². The molecule has 0 heterocycles. The van der Waals surface area contributed by atoms with Gasteiger partial charge in [0.2, 0.25) is 0 Å². The molecule has 0 fully saturated rings. The second-order valence-electron chi connectivity index (χ2n) is 3.80. The van der Waals surface area contributed by atoms with Gasteiger partial charge in [0, 0.05) is 19.3 Å². The smallest absolute Gasteiger partial charge is 0.255 e. The van der Waals surface area contributed by atoms with Crippen LogP contribution in [-0.2, 0) is 9.53 Å². The zero-order valence-corrected chi connectivity index (χ0v) is 10.4. The number of nitrogens with zero attached hydrogens (tertiary/aromatic N) is 1. The van der Waals surface area contributed by atoms with E-state index in [1.165, 1.54) is 5.56 Å². The second kappa shape index (κ2) is 5.66. The van der Waals surface area contributed by atoms with Gasteiger partial charge in [0.15, 0.2) is 0 Å². The number of carbonyl (C=O) groups excluding carboxylic acids is 1. The molecule has 0 radical (unpaired) electrons. The SMILES string of the molecule is CCN(C(=O)C(C)OC)c1ccc(C)cc1. The van der Waals surface area contributed by atoms with Crippen LogP contribution in [0, 0.1) is 6.92 Å². The van der Waals surface area contributed by atoms with Crippen LogP contribution in [0.5, 0.6) is 0 Å². The highest BCUT2D eigenvalue weighted by Crippen LogP contribution is 2.16. The van der Waals surface area contributed by atoms with Gasteiger partial charge in [0.1, 0.15) is 6.10 Å². The first-order valence-corrected chi connectivity index (χ1v) is 5.51. The number of methoxy groups -OCH3 is 1. The fourth-order valence-corrected chi connectivity index (χ4v) is 1.51. The van der Waals surface area contributed by atoms with Gasteiger partial charge in [-0.1, -0.05) is 17.7 Å². The Hall–Kier alpha value is -1.35. The third-order valence-corrected chi connectivity index (χ3v) is 2.63. The Bertz CT molecular complexity index is 345. The molecule has 1 atom stereocenters. The Balaban J connectivity index is 2.90. The number of amides is 1. The molecule has 3 heteroatoms. The number of anilines is 1. The number of rotatable bonds is 4. The van der Waals surface area contributed by atoms with Crippen LogP contribution in [0.4, 0.5) is 5.69 Å². The maximum atomic E-state index is 12.0. The van der Waals surface area contributed by atoms with Crippen LogP contribution < -0.4 is 4.90 Å². The Labute approximate surface area is 97.0 Å². The second-order valence-corrected chi connectivity index (χ2v) is 3.80. The van der Waals surface area contributed by atoms with Crippen molar-refractivity contribution in [2.75, 3.05) is 18.6 Å². The lowest BCUT2D eigenvalue weighted by atomic mass is 10.2. The van der Waals surface area contributed by atoms with E-state index < -0.39 is 6.10 Å². The highest BCUT2D eigenvalue weighted by atomic mass is 16.5. The average Bonchev–Trinajstić information content (AvgIpc) is 2.31. The molecule has 1 amide bonds. The minimum absolute atomic E-state index is 0.00569. The predicted octanol–water partition coefficient (Wildman–Crippen LogP) is 2.38. The van der Waals surface area contributed by atoms with Crippen LogP contribution in [0.3, 0.4) is 0 Å². The topological polar surface area (TPSA) is 29.5 Å². The number of likely N-dealkylation sites (N-methyl/N-ethyl adjacent to an activating group) is 1. The summed E-state index contributed by atoms with van der Waals surface area (Å²) in [5, 5.41) is 0. The average molecular weight is 221 g/mol. The maximum absolute atomic E-state index is 12.0.